The fourth-order valence-corrected chi connectivity index (χ4v) is 1.70. The van der Waals surface area contributed by atoms with Gasteiger partial charge < -0.3 is 4.42 Å². The topological polar surface area (TPSA) is 30.2 Å². The van der Waals surface area contributed by atoms with Crippen molar-refractivity contribution in [2.45, 2.75) is 13.8 Å². The third-order valence-corrected chi connectivity index (χ3v) is 2.64. The van der Waals surface area contributed by atoms with Gasteiger partial charge in [0.1, 0.15) is 5.76 Å². The highest BCUT2D eigenvalue weighted by molar-refractivity contribution is 6.31. The van der Waals surface area contributed by atoms with Crippen LogP contribution in [-0.2, 0) is 0 Å². The molecule has 1 heterocycles. The first-order valence-corrected chi connectivity index (χ1v) is 5.33. The van der Waals surface area contributed by atoms with Crippen LogP contribution in [0.4, 0.5) is 0 Å². The molecule has 2 rings (SSSR count). The van der Waals surface area contributed by atoms with Crippen LogP contribution in [0.25, 0.3) is 0 Å². The van der Waals surface area contributed by atoms with Crippen LogP contribution in [0.5, 0.6) is 0 Å². The lowest BCUT2D eigenvalue weighted by molar-refractivity contribution is 0.101. The van der Waals surface area contributed by atoms with Gasteiger partial charge in [-0.1, -0.05) is 17.7 Å². The molecule has 0 radical (unpaired) electrons. The first kappa shape index (κ1) is 11.0. The SMILES string of the molecule is Cc1ccc(C(=O)c2cc(Cl)ccc2C)o1. The van der Waals surface area contributed by atoms with Gasteiger partial charge >= 0.3 is 0 Å². The van der Waals surface area contributed by atoms with Crippen LogP contribution < -0.4 is 0 Å². The quantitative estimate of drug-likeness (QED) is 0.741. The Morgan fingerprint density at radius 1 is 1.19 bits per heavy atom. The van der Waals surface area contributed by atoms with Gasteiger partial charge in [0.2, 0.25) is 5.78 Å². The van der Waals surface area contributed by atoms with Crippen LogP contribution in [0.15, 0.2) is 34.7 Å². The van der Waals surface area contributed by atoms with E-state index in [0.717, 1.165) is 11.3 Å². The average Bonchev–Trinajstić information content (AvgIpc) is 2.67. The van der Waals surface area contributed by atoms with Crippen molar-refractivity contribution in [1.82, 2.24) is 0 Å². The molecule has 2 aromatic rings. The summed E-state index contributed by atoms with van der Waals surface area (Å²) >= 11 is 5.87. The van der Waals surface area contributed by atoms with E-state index in [0.29, 0.717) is 16.3 Å². The van der Waals surface area contributed by atoms with Crippen LogP contribution in [-0.4, -0.2) is 5.78 Å². The number of halogens is 1. The second kappa shape index (κ2) is 4.14. The number of rotatable bonds is 2. The van der Waals surface area contributed by atoms with Gasteiger partial charge in [0.15, 0.2) is 5.76 Å². The molecule has 3 heteroatoms. The molecule has 0 amide bonds. The number of aryl methyl sites for hydroxylation is 2. The van der Waals surface area contributed by atoms with Crippen LogP contribution in [0, 0.1) is 13.8 Å². The van der Waals surface area contributed by atoms with E-state index in [-0.39, 0.29) is 5.78 Å². The molecule has 0 aliphatic rings. The fraction of sp³-hybridized carbons (Fsp3) is 0.154. The molecule has 0 aliphatic heterocycles. The standard InChI is InChI=1S/C13H11ClO2/c1-8-3-5-10(14)7-11(8)13(15)12-6-4-9(2)16-12/h3-7H,1-2H3. The summed E-state index contributed by atoms with van der Waals surface area (Å²) in [4.78, 5) is 12.1. The zero-order chi connectivity index (χ0) is 11.7. The molecule has 1 aromatic heterocycles. The lowest BCUT2D eigenvalue weighted by atomic mass is 10.0. The molecule has 82 valence electrons. The Hall–Kier alpha value is -1.54. The third-order valence-electron chi connectivity index (χ3n) is 2.41. The zero-order valence-electron chi connectivity index (χ0n) is 9.08. The Morgan fingerprint density at radius 2 is 1.94 bits per heavy atom. The van der Waals surface area contributed by atoms with Crippen molar-refractivity contribution in [1.29, 1.82) is 0 Å². The van der Waals surface area contributed by atoms with E-state index in [4.69, 9.17) is 16.0 Å². The Labute approximate surface area is 98.8 Å². The van der Waals surface area contributed by atoms with E-state index in [1.54, 1.807) is 24.3 Å². The van der Waals surface area contributed by atoms with Gasteiger partial charge in [-0.2, -0.15) is 0 Å². The van der Waals surface area contributed by atoms with Gasteiger partial charge in [-0.3, -0.25) is 4.79 Å². The molecule has 0 spiro atoms. The van der Waals surface area contributed by atoms with Crippen molar-refractivity contribution in [3.8, 4) is 0 Å². The average molecular weight is 235 g/mol. The van der Waals surface area contributed by atoms with Crippen molar-refractivity contribution < 1.29 is 9.21 Å². The van der Waals surface area contributed by atoms with Crippen molar-refractivity contribution in [3.05, 3.63) is 58.0 Å². The molecule has 0 bridgehead atoms. The van der Waals surface area contributed by atoms with Gasteiger partial charge in [-0.15, -0.1) is 0 Å². The maximum absolute atomic E-state index is 12.1. The van der Waals surface area contributed by atoms with Gasteiger partial charge in [0.25, 0.3) is 0 Å². The zero-order valence-corrected chi connectivity index (χ0v) is 9.84. The van der Waals surface area contributed by atoms with E-state index in [1.807, 2.05) is 19.9 Å². The first-order chi connectivity index (χ1) is 7.58. The molecule has 0 fully saturated rings. The smallest absolute Gasteiger partial charge is 0.228 e. The van der Waals surface area contributed by atoms with Gasteiger partial charge in [-0.05, 0) is 43.7 Å². The summed E-state index contributed by atoms with van der Waals surface area (Å²) in [7, 11) is 0. The second-order valence-corrected chi connectivity index (χ2v) is 4.14. The number of hydrogen-bond donors (Lipinski definition) is 0. The minimum absolute atomic E-state index is 0.131. The summed E-state index contributed by atoms with van der Waals surface area (Å²) in [6.07, 6.45) is 0. The Kier molecular flexibility index (Phi) is 2.84. The molecule has 1 aromatic carbocycles. The van der Waals surface area contributed by atoms with Crippen molar-refractivity contribution in [2.24, 2.45) is 0 Å². The van der Waals surface area contributed by atoms with Crippen molar-refractivity contribution in [3.63, 3.8) is 0 Å². The number of furan rings is 1. The predicted molar refractivity (Wildman–Crippen MR) is 63.1 cm³/mol. The van der Waals surface area contributed by atoms with E-state index in [1.165, 1.54) is 0 Å². The molecule has 0 atom stereocenters. The summed E-state index contributed by atoms with van der Waals surface area (Å²) in [5.41, 5.74) is 1.48. The summed E-state index contributed by atoms with van der Waals surface area (Å²) in [6.45, 7) is 3.68. The molecular weight excluding hydrogens is 224 g/mol. The summed E-state index contributed by atoms with van der Waals surface area (Å²) in [5.74, 6) is 0.944. The van der Waals surface area contributed by atoms with Crippen molar-refractivity contribution >= 4 is 17.4 Å². The number of carbonyl (C=O) groups excluding carboxylic acids is 1. The molecule has 16 heavy (non-hydrogen) atoms. The van der Waals surface area contributed by atoms with Crippen molar-refractivity contribution in [2.75, 3.05) is 0 Å². The number of ketones is 1. The second-order valence-electron chi connectivity index (χ2n) is 3.70. The lowest BCUT2D eigenvalue weighted by Gasteiger charge is -2.03. The number of hydrogen-bond acceptors (Lipinski definition) is 2. The molecule has 2 nitrogen and oxygen atoms in total. The third kappa shape index (κ3) is 2.02. The molecule has 0 aliphatic carbocycles. The van der Waals surface area contributed by atoms with Gasteiger partial charge in [0, 0.05) is 10.6 Å². The van der Waals surface area contributed by atoms with Gasteiger partial charge in [0.05, 0.1) is 0 Å². The Bertz CT molecular complexity index is 541. The lowest BCUT2D eigenvalue weighted by Crippen LogP contribution is -2.02. The maximum atomic E-state index is 12.1. The summed E-state index contributed by atoms with van der Waals surface area (Å²) in [6, 6.07) is 8.70. The Morgan fingerprint density at radius 3 is 2.56 bits per heavy atom. The number of benzene rings is 1. The first-order valence-electron chi connectivity index (χ1n) is 4.95. The predicted octanol–water partition coefficient (Wildman–Crippen LogP) is 3.78. The largest absolute Gasteiger partial charge is 0.458 e. The molecule has 0 unspecified atom stereocenters. The number of carbonyl (C=O) groups is 1. The van der Waals surface area contributed by atoms with E-state index >= 15 is 0 Å². The Balaban J connectivity index is 2.45. The molecular formula is C13H11ClO2. The normalized spacial score (nSPS) is 10.4. The molecule has 0 saturated heterocycles. The maximum Gasteiger partial charge on any atom is 0.228 e. The molecule has 0 N–H and O–H groups in total. The van der Waals surface area contributed by atoms with E-state index in [2.05, 4.69) is 0 Å². The fourth-order valence-electron chi connectivity index (χ4n) is 1.53. The highest BCUT2D eigenvalue weighted by atomic mass is 35.5. The van der Waals surface area contributed by atoms with Crippen LogP contribution in [0.3, 0.4) is 0 Å². The highest BCUT2D eigenvalue weighted by Gasteiger charge is 2.15. The highest BCUT2D eigenvalue weighted by Crippen LogP contribution is 2.19. The monoisotopic (exact) mass is 234 g/mol. The molecule has 0 saturated carbocycles. The van der Waals surface area contributed by atoms with Crippen LogP contribution in [0.1, 0.15) is 27.4 Å². The minimum Gasteiger partial charge on any atom is -0.458 e. The minimum atomic E-state index is -0.131. The van der Waals surface area contributed by atoms with Gasteiger partial charge in [-0.25, -0.2) is 0 Å². The summed E-state index contributed by atoms with van der Waals surface area (Å²) in [5, 5.41) is 0.553. The summed E-state index contributed by atoms with van der Waals surface area (Å²) < 4.78 is 5.30. The van der Waals surface area contributed by atoms with E-state index in [9.17, 15) is 4.79 Å². The van der Waals surface area contributed by atoms with E-state index < -0.39 is 0 Å². The van der Waals surface area contributed by atoms with Crippen LogP contribution >= 0.6 is 11.6 Å². The van der Waals surface area contributed by atoms with Crippen LogP contribution in [0.2, 0.25) is 5.02 Å².